The van der Waals surface area contributed by atoms with Crippen LogP contribution in [0.15, 0.2) is 30.3 Å². The van der Waals surface area contributed by atoms with Crippen LogP contribution in [0.2, 0.25) is 0 Å². The lowest BCUT2D eigenvalue weighted by Gasteiger charge is -2.33. The van der Waals surface area contributed by atoms with Crippen LogP contribution in [0.4, 0.5) is 4.79 Å². The first-order chi connectivity index (χ1) is 10.7. The Hall–Kier alpha value is -1.59. The summed E-state index contributed by atoms with van der Waals surface area (Å²) in [7, 11) is 0. The first-order valence-corrected chi connectivity index (χ1v) is 8.05. The van der Waals surface area contributed by atoms with E-state index in [1.165, 1.54) is 0 Å². The summed E-state index contributed by atoms with van der Waals surface area (Å²) in [6.07, 6.45) is 1.98. The molecule has 1 aromatic rings. The van der Waals surface area contributed by atoms with E-state index in [0.29, 0.717) is 6.61 Å². The van der Waals surface area contributed by atoms with E-state index < -0.39 is 0 Å². The average Bonchev–Trinajstić information content (AvgIpc) is 2.55. The number of hydrogen-bond acceptors (Lipinski definition) is 4. The summed E-state index contributed by atoms with van der Waals surface area (Å²) in [6, 6.07) is 9.83. The number of alkyl carbamates (subject to hydrolysis) is 1. The van der Waals surface area contributed by atoms with Crippen molar-refractivity contribution in [2.24, 2.45) is 0 Å². The van der Waals surface area contributed by atoms with Crippen molar-refractivity contribution in [3.63, 3.8) is 0 Å². The van der Waals surface area contributed by atoms with Crippen molar-refractivity contribution >= 4 is 6.09 Å². The molecule has 1 unspecified atom stereocenters. The number of carbonyl (C=O) groups is 1. The molecule has 0 bridgehead atoms. The Kier molecular flexibility index (Phi) is 6.68. The van der Waals surface area contributed by atoms with E-state index in [9.17, 15) is 9.90 Å². The molecule has 2 N–H and O–H groups in total. The molecule has 1 heterocycles. The Morgan fingerprint density at radius 3 is 2.68 bits per heavy atom. The number of hydrogen-bond donors (Lipinski definition) is 2. The molecule has 0 spiro atoms. The van der Waals surface area contributed by atoms with Crippen LogP contribution in [0, 0.1) is 0 Å². The number of β-amino-alcohol motifs (C(OH)–C–C–N with tert-alkyl or cyclic N) is 1. The van der Waals surface area contributed by atoms with Crippen molar-refractivity contribution in [2.45, 2.75) is 44.9 Å². The van der Waals surface area contributed by atoms with Crippen LogP contribution in [0.5, 0.6) is 0 Å². The lowest BCUT2D eigenvalue weighted by Crippen LogP contribution is -2.46. The zero-order valence-corrected chi connectivity index (χ0v) is 13.2. The van der Waals surface area contributed by atoms with Crippen LogP contribution in [-0.4, -0.2) is 47.9 Å². The smallest absolute Gasteiger partial charge is 0.407 e. The molecule has 1 amide bonds. The molecule has 0 saturated carbocycles. The minimum atomic E-state index is -0.351. The van der Waals surface area contributed by atoms with Gasteiger partial charge in [-0.3, -0.25) is 0 Å². The van der Waals surface area contributed by atoms with Gasteiger partial charge in [-0.2, -0.15) is 0 Å². The van der Waals surface area contributed by atoms with Crippen molar-refractivity contribution in [3.05, 3.63) is 35.9 Å². The van der Waals surface area contributed by atoms with Crippen LogP contribution in [0.3, 0.4) is 0 Å². The molecule has 1 fully saturated rings. The number of piperidine rings is 1. The predicted molar refractivity (Wildman–Crippen MR) is 85.5 cm³/mol. The standard InChI is InChI=1S/C17H26N2O3/c1-2-16(20)12-19-10-8-15(9-11-19)18-17(21)22-13-14-6-4-3-5-7-14/h3-7,15-16,20H,2,8-13H2,1H3,(H,18,21). The summed E-state index contributed by atoms with van der Waals surface area (Å²) in [6.45, 7) is 4.82. The fourth-order valence-corrected chi connectivity index (χ4v) is 2.62. The normalized spacial score (nSPS) is 17.9. The van der Waals surface area contributed by atoms with Crippen LogP contribution < -0.4 is 5.32 Å². The minimum Gasteiger partial charge on any atom is -0.445 e. The number of nitrogens with zero attached hydrogens (tertiary/aromatic N) is 1. The number of aliphatic hydroxyl groups is 1. The highest BCUT2D eigenvalue weighted by molar-refractivity contribution is 5.67. The maximum atomic E-state index is 11.8. The van der Waals surface area contributed by atoms with E-state index in [4.69, 9.17) is 4.74 Å². The maximum absolute atomic E-state index is 11.8. The van der Waals surface area contributed by atoms with Gasteiger partial charge < -0.3 is 20.1 Å². The van der Waals surface area contributed by atoms with Gasteiger partial charge in [0.05, 0.1) is 6.10 Å². The number of aliphatic hydroxyl groups excluding tert-OH is 1. The highest BCUT2D eigenvalue weighted by atomic mass is 16.5. The quantitative estimate of drug-likeness (QED) is 0.845. The molecule has 1 aliphatic rings. The largest absolute Gasteiger partial charge is 0.445 e. The number of amides is 1. The number of likely N-dealkylation sites (tertiary alicyclic amines) is 1. The lowest BCUT2D eigenvalue weighted by atomic mass is 10.0. The van der Waals surface area contributed by atoms with E-state index in [-0.39, 0.29) is 18.2 Å². The molecular weight excluding hydrogens is 280 g/mol. The van der Waals surface area contributed by atoms with Gasteiger partial charge in [0.15, 0.2) is 0 Å². The fraction of sp³-hybridized carbons (Fsp3) is 0.588. The second-order valence-corrected chi connectivity index (χ2v) is 5.84. The molecule has 0 aliphatic carbocycles. The van der Waals surface area contributed by atoms with E-state index in [2.05, 4.69) is 10.2 Å². The van der Waals surface area contributed by atoms with Gasteiger partial charge in [0.25, 0.3) is 0 Å². The summed E-state index contributed by atoms with van der Waals surface area (Å²) in [5.41, 5.74) is 0.987. The summed E-state index contributed by atoms with van der Waals surface area (Å²) in [5, 5.41) is 12.6. The topological polar surface area (TPSA) is 61.8 Å². The highest BCUT2D eigenvalue weighted by Gasteiger charge is 2.22. The first kappa shape index (κ1) is 16.8. The summed E-state index contributed by atoms with van der Waals surface area (Å²) >= 11 is 0. The number of nitrogens with one attached hydrogen (secondary N) is 1. The lowest BCUT2D eigenvalue weighted by molar-refractivity contribution is 0.0877. The van der Waals surface area contributed by atoms with Gasteiger partial charge in [0.2, 0.25) is 0 Å². The van der Waals surface area contributed by atoms with Crippen molar-refractivity contribution in [3.8, 4) is 0 Å². The van der Waals surface area contributed by atoms with E-state index in [1.807, 2.05) is 37.3 Å². The van der Waals surface area contributed by atoms with Crippen LogP contribution >= 0.6 is 0 Å². The minimum absolute atomic E-state index is 0.165. The molecule has 1 atom stereocenters. The highest BCUT2D eigenvalue weighted by Crippen LogP contribution is 2.12. The molecule has 5 heteroatoms. The molecule has 1 saturated heterocycles. The zero-order valence-electron chi connectivity index (χ0n) is 13.2. The molecular formula is C17H26N2O3. The maximum Gasteiger partial charge on any atom is 0.407 e. The van der Waals surface area contributed by atoms with Gasteiger partial charge in [0.1, 0.15) is 6.61 Å². The molecule has 1 aliphatic heterocycles. The second kappa shape index (κ2) is 8.76. The molecule has 1 aromatic carbocycles. The van der Waals surface area contributed by atoms with Gasteiger partial charge in [-0.05, 0) is 24.8 Å². The Labute approximate surface area is 132 Å². The average molecular weight is 306 g/mol. The Morgan fingerprint density at radius 2 is 2.05 bits per heavy atom. The molecule has 22 heavy (non-hydrogen) atoms. The fourth-order valence-electron chi connectivity index (χ4n) is 2.62. The van der Waals surface area contributed by atoms with Crippen molar-refractivity contribution in [2.75, 3.05) is 19.6 Å². The third-order valence-electron chi connectivity index (χ3n) is 4.06. The third-order valence-corrected chi connectivity index (χ3v) is 4.06. The molecule has 122 valence electrons. The summed E-state index contributed by atoms with van der Waals surface area (Å²) < 4.78 is 5.24. The van der Waals surface area contributed by atoms with Crippen LogP contribution in [0.1, 0.15) is 31.7 Å². The van der Waals surface area contributed by atoms with E-state index in [1.54, 1.807) is 0 Å². The Balaban J connectivity index is 1.64. The van der Waals surface area contributed by atoms with E-state index in [0.717, 1.165) is 44.5 Å². The van der Waals surface area contributed by atoms with Gasteiger partial charge in [-0.25, -0.2) is 4.79 Å². The van der Waals surface area contributed by atoms with Gasteiger partial charge >= 0.3 is 6.09 Å². The molecule has 0 aromatic heterocycles. The van der Waals surface area contributed by atoms with Crippen molar-refractivity contribution < 1.29 is 14.6 Å². The summed E-state index contributed by atoms with van der Waals surface area (Å²) in [5.74, 6) is 0. The van der Waals surface area contributed by atoms with Crippen molar-refractivity contribution in [1.82, 2.24) is 10.2 Å². The second-order valence-electron chi connectivity index (χ2n) is 5.84. The molecule has 5 nitrogen and oxygen atoms in total. The predicted octanol–water partition coefficient (Wildman–Crippen LogP) is 2.15. The first-order valence-electron chi connectivity index (χ1n) is 8.05. The van der Waals surface area contributed by atoms with Crippen molar-refractivity contribution in [1.29, 1.82) is 0 Å². The molecule has 0 radical (unpaired) electrons. The SMILES string of the molecule is CCC(O)CN1CCC(NC(=O)OCc2ccccc2)CC1. The van der Waals surface area contributed by atoms with Gasteiger partial charge in [-0.15, -0.1) is 0 Å². The van der Waals surface area contributed by atoms with Crippen LogP contribution in [-0.2, 0) is 11.3 Å². The number of benzene rings is 1. The van der Waals surface area contributed by atoms with Gasteiger partial charge in [-0.1, -0.05) is 37.3 Å². The zero-order chi connectivity index (χ0) is 15.8. The van der Waals surface area contributed by atoms with Crippen LogP contribution in [0.25, 0.3) is 0 Å². The number of rotatable bonds is 6. The Bertz CT molecular complexity index is 444. The monoisotopic (exact) mass is 306 g/mol. The third kappa shape index (κ3) is 5.66. The molecule has 2 rings (SSSR count). The van der Waals surface area contributed by atoms with Gasteiger partial charge in [0, 0.05) is 25.7 Å². The summed E-state index contributed by atoms with van der Waals surface area (Å²) in [4.78, 5) is 14.1. The number of ether oxygens (including phenoxy) is 1. The van der Waals surface area contributed by atoms with E-state index >= 15 is 0 Å². The Morgan fingerprint density at radius 1 is 1.36 bits per heavy atom. The number of carbonyl (C=O) groups excluding carboxylic acids is 1.